The first-order valence-electron chi connectivity index (χ1n) is 5.43. The second-order valence-corrected chi connectivity index (χ2v) is 3.65. The van der Waals surface area contributed by atoms with Crippen molar-refractivity contribution in [2.75, 3.05) is 6.61 Å². The Morgan fingerprint density at radius 2 is 1.88 bits per heavy atom. The minimum atomic E-state index is 0.198. The van der Waals surface area contributed by atoms with Gasteiger partial charge in [0.25, 0.3) is 0 Å². The fraction of sp³-hybridized carbons (Fsp3) is 0.0667. The number of phenolic OH excluding ortho intramolecular Hbond substituents is 1. The predicted octanol–water partition coefficient (Wildman–Crippen LogP) is 3.62. The second kappa shape index (κ2) is 5.21. The quantitative estimate of drug-likeness (QED) is 0.807. The molecule has 0 aromatic heterocycles. The normalized spacial score (nSPS) is 9.88. The van der Waals surface area contributed by atoms with E-state index >= 15 is 0 Å². The van der Waals surface area contributed by atoms with E-state index < -0.39 is 0 Å². The minimum absolute atomic E-state index is 0.198. The van der Waals surface area contributed by atoms with Crippen LogP contribution in [0, 0.1) is 0 Å². The molecule has 1 N–H and O–H groups in total. The molecule has 0 aliphatic carbocycles. The molecule has 0 atom stereocenters. The summed E-state index contributed by atoms with van der Waals surface area (Å²) in [7, 11) is 0. The van der Waals surface area contributed by atoms with Crippen molar-refractivity contribution >= 4 is 0 Å². The molecule has 86 valence electrons. The lowest BCUT2D eigenvalue weighted by molar-refractivity contribution is 0.361. The van der Waals surface area contributed by atoms with Crippen LogP contribution in [0.4, 0.5) is 0 Å². The summed E-state index contributed by atoms with van der Waals surface area (Å²) in [6.07, 6.45) is 1.68. The number of phenols is 1. The Labute approximate surface area is 101 Å². The van der Waals surface area contributed by atoms with Gasteiger partial charge in [-0.1, -0.05) is 43.0 Å². The van der Waals surface area contributed by atoms with Crippen molar-refractivity contribution < 1.29 is 9.84 Å². The average Bonchev–Trinajstić information content (AvgIpc) is 2.37. The lowest BCUT2D eigenvalue weighted by atomic mass is 10.0. The molecule has 2 aromatic carbocycles. The van der Waals surface area contributed by atoms with Crippen molar-refractivity contribution in [2.45, 2.75) is 0 Å². The van der Waals surface area contributed by atoms with Crippen LogP contribution in [0.5, 0.6) is 11.5 Å². The molecule has 2 nitrogen and oxygen atoms in total. The van der Waals surface area contributed by atoms with E-state index in [1.165, 1.54) is 0 Å². The van der Waals surface area contributed by atoms with Gasteiger partial charge < -0.3 is 9.84 Å². The van der Waals surface area contributed by atoms with Gasteiger partial charge in [-0.2, -0.15) is 0 Å². The third-order valence-electron chi connectivity index (χ3n) is 2.41. The molecule has 0 aliphatic rings. The summed E-state index contributed by atoms with van der Waals surface area (Å²) in [4.78, 5) is 0. The van der Waals surface area contributed by atoms with Crippen LogP contribution in [0.15, 0.2) is 61.2 Å². The number of ether oxygens (including phenoxy) is 1. The molecule has 0 saturated carbocycles. The minimum Gasteiger partial charge on any atom is -0.508 e. The second-order valence-electron chi connectivity index (χ2n) is 3.65. The molecule has 2 heteroatoms. The van der Waals surface area contributed by atoms with E-state index in [2.05, 4.69) is 6.58 Å². The predicted molar refractivity (Wildman–Crippen MR) is 69.2 cm³/mol. The zero-order chi connectivity index (χ0) is 12.1. The summed E-state index contributed by atoms with van der Waals surface area (Å²) in [6.45, 7) is 4.03. The van der Waals surface area contributed by atoms with Gasteiger partial charge >= 0.3 is 0 Å². The fourth-order valence-electron chi connectivity index (χ4n) is 1.64. The molecule has 2 rings (SSSR count). The van der Waals surface area contributed by atoms with Gasteiger partial charge in [-0.25, -0.2) is 0 Å². The molecule has 0 radical (unpaired) electrons. The molecule has 0 spiro atoms. The number of hydrogen-bond donors (Lipinski definition) is 1. The highest BCUT2D eigenvalue weighted by atomic mass is 16.5. The van der Waals surface area contributed by atoms with Crippen molar-refractivity contribution in [3.63, 3.8) is 0 Å². The maximum Gasteiger partial charge on any atom is 0.131 e. The molecule has 0 amide bonds. The van der Waals surface area contributed by atoms with Gasteiger partial charge in [0.15, 0.2) is 0 Å². The Kier molecular flexibility index (Phi) is 3.46. The van der Waals surface area contributed by atoms with Crippen LogP contribution in [0.2, 0.25) is 0 Å². The summed E-state index contributed by atoms with van der Waals surface area (Å²) in [6, 6.07) is 15.0. The molecule has 17 heavy (non-hydrogen) atoms. The maximum absolute atomic E-state index is 9.48. The number of hydrogen-bond acceptors (Lipinski definition) is 2. The van der Waals surface area contributed by atoms with Crippen LogP contribution in [0.3, 0.4) is 0 Å². The van der Waals surface area contributed by atoms with E-state index in [4.69, 9.17) is 4.74 Å². The van der Waals surface area contributed by atoms with Crippen molar-refractivity contribution in [3.05, 3.63) is 61.2 Å². The molecule has 0 fully saturated rings. The van der Waals surface area contributed by atoms with Gasteiger partial charge in [0.1, 0.15) is 18.1 Å². The highest BCUT2D eigenvalue weighted by Crippen LogP contribution is 2.32. The Bertz CT molecular complexity index is 504. The lowest BCUT2D eigenvalue weighted by Crippen LogP contribution is -1.94. The van der Waals surface area contributed by atoms with E-state index in [-0.39, 0.29) is 5.75 Å². The highest BCUT2D eigenvalue weighted by molar-refractivity contribution is 5.71. The zero-order valence-electron chi connectivity index (χ0n) is 9.47. The van der Waals surface area contributed by atoms with Crippen LogP contribution in [-0.2, 0) is 0 Å². The SMILES string of the molecule is C=CCOc1cc(O)ccc1-c1ccccc1. The van der Waals surface area contributed by atoms with Gasteiger partial charge in [-0.3, -0.25) is 0 Å². The van der Waals surface area contributed by atoms with Crippen molar-refractivity contribution in [1.82, 2.24) is 0 Å². The van der Waals surface area contributed by atoms with Crippen molar-refractivity contribution in [3.8, 4) is 22.6 Å². The topological polar surface area (TPSA) is 29.5 Å². The third-order valence-corrected chi connectivity index (χ3v) is 2.41. The van der Waals surface area contributed by atoms with Crippen LogP contribution in [0.1, 0.15) is 0 Å². The zero-order valence-corrected chi connectivity index (χ0v) is 9.47. The van der Waals surface area contributed by atoms with Gasteiger partial charge in [0, 0.05) is 11.6 Å². The van der Waals surface area contributed by atoms with E-state index in [0.717, 1.165) is 11.1 Å². The first-order chi connectivity index (χ1) is 8.31. The first-order valence-corrected chi connectivity index (χ1v) is 5.43. The lowest BCUT2D eigenvalue weighted by Gasteiger charge is -2.10. The summed E-state index contributed by atoms with van der Waals surface area (Å²) >= 11 is 0. The monoisotopic (exact) mass is 226 g/mol. The Hall–Kier alpha value is -2.22. The van der Waals surface area contributed by atoms with Gasteiger partial charge in [0.05, 0.1) is 0 Å². The first kappa shape index (κ1) is 11.3. The van der Waals surface area contributed by atoms with E-state index in [0.29, 0.717) is 12.4 Å². The van der Waals surface area contributed by atoms with E-state index in [1.54, 1.807) is 18.2 Å². The smallest absolute Gasteiger partial charge is 0.131 e. The van der Waals surface area contributed by atoms with Crippen LogP contribution in [-0.4, -0.2) is 11.7 Å². The largest absolute Gasteiger partial charge is 0.508 e. The number of rotatable bonds is 4. The molecule has 0 bridgehead atoms. The summed E-state index contributed by atoms with van der Waals surface area (Å²) < 4.78 is 5.54. The Morgan fingerprint density at radius 3 is 2.59 bits per heavy atom. The fourth-order valence-corrected chi connectivity index (χ4v) is 1.64. The van der Waals surface area contributed by atoms with Crippen molar-refractivity contribution in [1.29, 1.82) is 0 Å². The maximum atomic E-state index is 9.48. The molecular formula is C15H14O2. The molecule has 0 heterocycles. The number of aromatic hydroxyl groups is 1. The van der Waals surface area contributed by atoms with Crippen LogP contribution in [0.25, 0.3) is 11.1 Å². The van der Waals surface area contributed by atoms with E-state index in [1.807, 2.05) is 36.4 Å². The molecule has 2 aromatic rings. The molecule has 0 saturated heterocycles. The molecular weight excluding hydrogens is 212 g/mol. The Balaban J connectivity index is 2.42. The van der Waals surface area contributed by atoms with Gasteiger partial charge in [0.2, 0.25) is 0 Å². The average molecular weight is 226 g/mol. The molecule has 0 unspecified atom stereocenters. The summed E-state index contributed by atoms with van der Waals surface area (Å²) in [5, 5.41) is 9.48. The summed E-state index contributed by atoms with van der Waals surface area (Å²) in [5.74, 6) is 0.861. The van der Waals surface area contributed by atoms with Crippen LogP contribution >= 0.6 is 0 Å². The summed E-state index contributed by atoms with van der Waals surface area (Å²) in [5.41, 5.74) is 2.02. The Morgan fingerprint density at radius 1 is 1.12 bits per heavy atom. The van der Waals surface area contributed by atoms with E-state index in [9.17, 15) is 5.11 Å². The van der Waals surface area contributed by atoms with Crippen LogP contribution < -0.4 is 4.74 Å². The van der Waals surface area contributed by atoms with Crippen molar-refractivity contribution in [2.24, 2.45) is 0 Å². The number of benzene rings is 2. The standard InChI is InChI=1S/C15H14O2/c1-2-10-17-15-11-13(16)8-9-14(15)12-6-4-3-5-7-12/h2-9,11,16H,1,10H2. The molecule has 0 aliphatic heterocycles. The highest BCUT2D eigenvalue weighted by Gasteiger charge is 2.06. The van der Waals surface area contributed by atoms with Gasteiger partial charge in [-0.05, 0) is 17.7 Å². The van der Waals surface area contributed by atoms with Gasteiger partial charge in [-0.15, -0.1) is 0 Å². The third kappa shape index (κ3) is 2.67.